The highest BCUT2D eigenvalue weighted by molar-refractivity contribution is 5.82. The monoisotopic (exact) mass is 258 g/mol. The first-order chi connectivity index (χ1) is 8.36. The number of hydrogen-bond donors (Lipinski definition) is 4. The normalized spacial score (nSPS) is 24.1. The number of urea groups is 1. The van der Waals surface area contributed by atoms with Crippen LogP contribution in [0, 0.1) is 5.41 Å². The smallest absolute Gasteiger partial charge is 0.328 e. The summed E-state index contributed by atoms with van der Waals surface area (Å²) in [5.74, 6) is -1.24. The Labute approximate surface area is 107 Å². The Balaban J connectivity index is 2.51. The van der Waals surface area contributed by atoms with E-state index >= 15 is 0 Å². The van der Waals surface area contributed by atoms with Gasteiger partial charge in [-0.2, -0.15) is 0 Å². The van der Waals surface area contributed by atoms with Gasteiger partial charge in [0.15, 0.2) is 6.04 Å². The molecule has 0 radical (unpaired) electrons. The second-order valence-corrected chi connectivity index (χ2v) is 5.48. The molecule has 2 amide bonds. The number of carboxylic acids is 1. The average Bonchev–Trinajstić information content (AvgIpc) is 2.28. The van der Waals surface area contributed by atoms with E-state index in [1.54, 1.807) is 0 Å². The predicted molar refractivity (Wildman–Crippen MR) is 66.2 cm³/mol. The Morgan fingerprint density at radius 2 is 2.06 bits per heavy atom. The molecule has 4 N–H and O–H groups in total. The number of carboxylic acid groups (broad SMARTS) is 1. The summed E-state index contributed by atoms with van der Waals surface area (Å²) >= 11 is 0. The number of hydrogen-bond acceptors (Lipinski definition) is 3. The minimum atomic E-state index is -1.25. The Morgan fingerprint density at radius 3 is 2.56 bits per heavy atom. The van der Waals surface area contributed by atoms with Gasteiger partial charge in [0, 0.05) is 6.04 Å². The van der Waals surface area contributed by atoms with Gasteiger partial charge >= 0.3 is 12.0 Å². The molecule has 0 spiro atoms. The number of aliphatic carboxylic acids is 1. The summed E-state index contributed by atoms with van der Waals surface area (Å²) in [6.07, 6.45) is 4.16. The van der Waals surface area contributed by atoms with Gasteiger partial charge in [-0.05, 0) is 18.3 Å². The van der Waals surface area contributed by atoms with Gasteiger partial charge < -0.3 is 20.8 Å². The summed E-state index contributed by atoms with van der Waals surface area (Å²) in [4.78, 5) is 22.4. The number of carbonyl (C=O) groups is 2. The Bertz CT molecular complexity index is 317. The van der Waals surface area contributed by atoms with E-state index in [-0.39, 0.29) is 11.5 Å². The summed E-state index contributed by atoms with van der Waals surface area (Å²) in [7, 11) is 0. The fourth-order valence-electron chi connectivity index (χ4n) is 2.31. The lowest BCUT2D eigenvalue weighted by Crippen LogP contribution is -2.54. The molecule has 6 heteroatoms. The van der Waals surface area contributed by atoms with Crippen LogP contribution in [0.5, 0.6) is 0 Å². The number of nitrogens with one attached hydrogen (secondary N) is 2. The van der Waals surface area contributed by atoms with Crippen molar-refractivity contribution < 1.29 is 19.8 Å². The summed E-state index contributed by atoms with van der Waals surface area (Å²) in [5.41, 5.74) is 0.0214. The van der Waals surface area contributed by atoms with Gasteiger partial charge in [0.1, 0.15) is 0 Å². The molecule has 0 aromatic heterocycles. The fraction of sp³-hybridized carbons (Fsp3) is 0.833. The van der Waals surface area contributed by atoms with Gasteiger partial charge in [0.2, 0.25) is 0 Å². The van der Waals surface area contributed by atoms with Crippen LogP contribution in [0.2, 0.25) is 0 Å². The van der Waals surface area contributed by atoms with Crippen molar-refractivity contribution in [3.05, 3.63) is 0 Å². The van der Waals surface area contributed by atoms with E-state index in [1.807, 2.05) is 0 Å². The number of aliphatic hydroxyl groups excluding tert-OH is 1. The van der Waals surface area contributed by atoms with Gasteiger partial charge in [-0.25, -0.2) is 9.59 Å². The van der Waals surface area contributed by atoms with Gasteiger partial charge in [0.25, 0.3) is 0 Å². The van der Waals surface area contributed by atoms with E-state index in [0.29, 0.717) is 0 Å². The van der Waals surface area contributed by atoms with Crippen molar-refractivity contribution in [3.8, 4) is 0 Å². The first-order valence-electron chi connectivity index (χ1n) is 6.27. The molecule has 6 nitrogen and oxygen atoms in total. The molecule has 0 saturated heterocycles. The molecule has 0 bridgehead atoms. The van der Waals surface area contributed by atoms with Gasteiger partial charge in [-0.15, -0.1) is 0 Å². The third-order valence-electron chi connectivity index (χ3n) is 3.60. The molecule has 1 rings (SSSR count). The van der Waals surface area contributed by atoms with E-state index in [4.69, 9.17) is 10.2 Å². The van der Waals surface area contributed by atoms with Crippen LogP contribution in [0.25, 0.3) is 0 Å². The molecule has 0 aromatic rings. The Kier molecular flexibility index (Phi) is 4.95. The fourth-order valence-corrected chi connectivity index (χ4v) is 2.31. The number of rotatable bonds is 4. The minimum absolute atomic E-state index is 0.0214. The van der Waals surface area contributed by atoms with Crippen molar-refractivity contribution in [1.82, 2.24) is 10.6 Å². The van der Waals surface area contributed by atoms with Crippen molar-refractivity contribution in [1.29, 1.82) is 0 Å². The van der Waals surface area contributed by atoms with Gasteiger partial charge in [0.05, 0.1) is 6.61 Å². The van der Waals surface area contributed by atoms with Crippen LogP contribution in [0.4, 0.5) is 4.79 Å². The van der Waals surface area contributed by atoms with Crippen molar-refractivity contribution >= 4 is 12.0 Å². The topological polar surface area (TPSA) is 98.7 Å². The van der Waals surface area contributed by atoms with Crippen molar-refractivity contribution in [3.63, 3.8) is 0 Å². The zero-order valence-corrected chi connectivity index (χ0v) is 10.9. The molecule has 1 aliphatic carbocycles. The summed E-state index contributed by atoms with van der Waals surface area (Å²) in [5, 5.41) is 22.6. The van der Waals surface area contributed by atoms with Gasteiger partial charge in [-0.3, -0.25) is 0 Å². The zero-order chi connectivity index (χ0) is 13.8. The third kappa shape index (κ3) is 3.87. The molecule has 18 heavy (non-hydrogen) atoms. The van der Waals surface area contributed by atoms with Crippen molar-refractivity contribution in [2.45, 2.75) is 51.6 Å². The molecule has 0 aromatic carbocycles. The predicted octanol–water partition coefficient (Wildman–Crippen LogP) is 0.700. The minimum Gasteiger partial charge on any atom is -0.480 e. The first kappa shape index (κ1) is 14.8. The highest BCUT2D eigenvalue weighted by atomic mass is 16.4. The molecule has 2 atom stereocenters. The van der Waals surface area contributed by atoms with E-state index in [0.717, 1.165) is 25.7 Å². The number of amides is 2. The largest absolute Gasteiger partial charge is 0.480 e. The molecule has 1 fully saturated rings. The van der Waals surface area contributed by atoms with E-state index in [9.17, 15) is 9.59 Å². The standard InChI is InChI=1S/C12H22N2O4/c1-12(2)6-4-3-5-9(12)14-11(18)13-8(7-15)10(16)17/h8-9,15H,3-7H2,1-2H3,(H,16,17)(H2,13,14,18)/t8-,9?/m0/s1. The summed E-state index contributed by atoms with van der Waals surface area (Å²) in [6.45, 7) is 3.58. The lowest BCUT2D eigenvalue weighted by molar-refractivity contribution is -0.140. The number of carbonyl (C=O) groups excluding carboxylic acids is 1. The second-order valence-electron chi connectivity index (χ2n) is 5.48. The zero-order valence-electron chi connectivity index (χ0n) is 10.9. The first-order valence-corrected chi connectivity index (χ1v) is 6.27. The van der Waals surface area contributed by atoms with Crippen LogP contribution in [0.3, 0.4) is 0 Å². The van der Waals surface area contributed by atoms with E-state index < -0.39 is 24.6 Å². The maximum atomic E-state index is 11.7. The SMILES string of the molecule is CC1(C)CCCCC1NC(=O)N[C@@H](CO)C(=O)O. The molecule has 0 heterocycles. The number of aliphatic hydroxyl groups is 1. The lowest BCUT2D eigenvalue weighted by Gasteiger charge is -2.39. The lowest BCUT2D eigenvalue weighted by atomic mass is 9.73. The molecule has 1 aliphatic rings. The van der Waals surface area contributed by atoms with Crippen LogP contribution in [0.1, 0.15) is 39.5 Å². The molecule has 0 aliphatic heterocycles. The molecular weight excluding hydrogens is 236 g/mol. The van der Waals surface area contributed by atoms with Crippen molar-refractivity contribution in [2.24, 2.45) is 5.41 Å². The maximum Gasteiger partial charge on any atom is 0.328 e. The van der Waals surface area contributed by atoms with Crippen molar-refractivity contribution in [2.75, 3.05) is 6.61 Å². The highest BCUT2D eigenvalue weighted by Gasteiger charge is 2.33. The average molecular weight is 258 g/mol. The van der Waals surface area contributed by atoms with E-state index in [2.05, 4.69) is 24.5 Å². The van der Waals surface area contributed by atoms with Crippen LogP contribution in [-0.2, 0) is 4.79 Å². The Hall–Kier alpha value is -1.30. The van der Waals surface area contributed by atoms with Crippen LogP contribution in [0.15, 0.2) is 0 Å². The third-order valence-corrected chi connectivity index (χ3v) is 3.60. The highest BCUT2D eigenvalue weighted by Crippen LogP contribution is 2.35. The quantitative estimate of drug-likeness (QED) is 0.596. The molecule has 104 valence electrons. The van der Waals surface area contributed by atoms with Crippen LogP contribution >= 0.6 is 0 Å². The summed E-state index contributed by atoms with van der Waals surface area (Å²) in [6, 6.07) is -1.74. The molecular formula is C12H22N2O4. The van der Waals surface area contributed by atoms with Gasteiger partial charge in [-0.1, -0.05) is 26.7 Å². The summed E-state index contributed by atoms with van der Waals surface area (Å²) < 4.78 is 0. The molecule has 1 unspecified atom stereocenters. The maximum absolute atomic E-state index is 11.7. The van der Waals surface area contributed by atoms with Crippen LogP contribution in [-0.4, -0.2) is 40.9 Å². The molecule has 1 saturated carbocycles. The van der Waals surface area contributed by atoms with E-state index in [1.165, 1.54) is 0 Å². The second kappa shape index (κ2) is 6.04. The Morgan fingerprint density at radius 1 is 1.39 bits per heavy atom. The van der Waals surface area contributed by atoms with Crippen LogP contribution < -0.4 is 10.6 Å².